The summed E-state index contributed by atoms with van der Waals surface area (Å²) in [4.78, 5) is 24.2. The lowest BCUT2D eigenvalue weighted by molar-refractivity contribution is -0.120. The minimum Gasteiger partial charge on any atom is -0.497 e. The normalized spacial score (nSPS) is 11.7. The van der Waals surface area contributed by atoms with Crippen molar-refractivity contribution in [2.45, 2.75) is 19.4 Å². The van der Waals surface area contributed by atoms with E-state index < -0.39 is 6.04 Å². The maximum absolute atomic E-state index is 12.6. The van der Waals surface area contributed by atoms with E-state index in [1.807, 2.05) is 42.5 Å². The third-order valence-corrected chi connectivity index (χ3v) is 4.47. The van der Waals surface area contributed by atoms with Gasteiger partial charge < -0.3 is 15.4 Å². The Bertz CT molecular complexity index is 1030. The highest BCUT2D eigenvalue weighted by molar-refractivity contribution is 5.91. The Morgan fingerprint density at radius 1 is 0.871 bits per heavy atom. The van der Waals surface area contributed by atoms with Crippen LogP contribution in [-0.4, -0.2) is 18.9 Å². The molecule has 0 radical (unpaired) electrons. The number of benzene rings is 3. The van der Waals surface area contributed by atoms with Crippen LogP contribution < -0.4 is 15.4 Å². The molecule has 0 aliphatic carbocycles. The lowest BCUT2D eigenvalue weighted by atomic mass is 10.0. The zero-order valence-corrected chi connectivity index (χ0v) is 17.4. The monoisotopic (exact) mass is 416 g/mol. The minimum atomic E-state index is -0.442. The molecule has 7 nitrogen and oxygen atoms in total. The van der Waals surface area contributed by atoms with Crippen LogP contribution in [0.25, 0.3) is 0 Å². The number of ether oxygens (including phenoxy) is 1. The van der Waals surface area contributed by atoms with E-state index in [0.717, 1.165) is 11.3 Å². The van der Waals surface area contributed by atoms with E-state index >= 15 is 0 Å². The highest BCUT2D eigenvalue weighted by Gasteiger charge is 2.17. The van der Waals surface area contributed by atoms with Crippen molar-refractivity contribution in [2.75, 3.05) is 12.4 Å². The van der Waals surface area contributed by atoms with Gasteiger partial charge in [0, 0.05) is 12.6 Å². The molecule has 158 valence electrons. The van der Waals surface area contributed by atoms with Crippen molar-refractivity contribution in [3.05, 3.63) is 84.4 Å². The van der Waals surface area contributed by atoms with E-state index in [-0.39, 0.29) is 18.2 Å². The summed E-state index contributed by atoms with van der Waals surface area (Å²) in [7, 11) is 1.59. The second-order valence-corrected chi connectivity index (χ2v) is 6.86. The first kappa shape index (κ1) is 21.7. The van der Waals surface area contributed by atoms with Gasteiger partial charge in [-0.1, -0.05) is 30.3 Å². The van der Waals surface area contributed by atoms with Crippen LogP contribution in [0.3, 0.4) is 0 Å². The molecule has 3 rings (SSSR count). The molecule has 0 aromatic heterocycles. The summed E-state index contributed by atoms with van der Waals surface area (Å²) in [6.07, 6.45) is 0.0986. The Balaban J connectivity index is 1.62. The average molecular weight is 416 g/mol. The van der Waals surface area contributed by atoms with Crippen molar-refractivity contribution < 1.29 is 14.3 Å². The molecule has 0 bridgehead atoms. The lowest BCUT2D eigenvalue weighted by Gasteiger charge is -2.18. The minimum absolute atomic E-state index is 0.0986. The molecule has 1 unspecified atom stereocenters. The number of hydrogen-bond acceptors (Lipinski definition) is 5. The van der Waals surface area contributed by atoms with Gasteiger partial charge >= 0.3 is 0 Å². The van der Waals surface area contributed by atoms with Crippen LogP contribution in [0.4, 0.5) is 17.1 Å². The van der Waals surface area contributed by atoms with Crippen molar-refractivity contribution in [1.29, 1.82) is 0 Å². The molecule has 0 fully saturated rings. The SMILES string of the molecule is COc1ccc(C(CC(=O)Nc2ccc(N=Nc3ccccc3)cc2)NC(C)=O)cc1. The highest BCUT2D eigenvalue weighted by Crippen LogP contribution is 2.23. The van der Waals surface area contributed by atoms with E-state index in [4.69, 9.17) is 4.74 Å². The predicted octanol–water partition coefficient (Wildman–Crippen LogP) is 5.32. The molecule has 0 heterocycles. The first-order chi connectivity index (χ1) is 15.0. The molecular formula is C24H24N4O3. The van der Waals surface area contributed by atoms with Crippen LogP contribution in [0, 0.1) is 0 Å². The molecule has 0 aliphatic heterocycles. The summed E-state index contributed by atoms with van der Waals surface area (Å²) in [6.45, 7) is 1.43. The van der Waals surface area contributed by atoms with Crippen molar-refractivity contribution in [3.63, 3.8) is 0 Å². The molecule has 2 amide bonds. The third kappa shape index (κ3) is 6.78. The van der Waals surface area contributed by atoms with Crippen LogP contribution in [0.2, 0.25) is 0 Å². The molecule has 3 aromatic rings. The van der Waals surface area contributed by atoms with Gasteiger partial charge in [-0.3, -0.25) is 9.59 Å². The maximum atomic E-state index is 12.6. The smallest absolute Gasteiger partial charge is 0.226 e. The molecule has 3 aromatic carbocycles. The van der Waals surface area contributed by atoms with E-state index in [0.29, 0.717) is 17.1 Å². The summed E-state index contributed by atoms with van der Waals surface area (Å²) in [5, 5.41) is 14.0. The number of azo groups is 1. The zero-order valence-electron chi connectivity index (χ0n) is 17.4. The van der Waals surface area contributed by atoms with Gasteiger partial charge in [0.15, 0.2) is 0 Å². The molecule has 31 heavy (non-hydrogen) atoms. The quantitative estimate of drug-likeness (QED) is 0.487. The predicted molar refractivity (Wildman–Crippen MR) is 120 cm³/mol. The van der Waals surface area contributed by atoms with Crippen molar-refractivity contribution in [2.24, 2.45) is 10.2 Å². The van der Waals surface area contributed by atoms with Crippen LogP contribution in [0.15, 0.2) is 89.1 Å². The van der Waals surface area contributed by atoms with E-state index in [9.17, 15) is 9.59 Å². The molecule has 0 aliphatic rings. The molecule has 2 N–H and O–H groups in total. The van der Waals surface area contributed by atoms with Gasteiger partial charge in [0.1, 0.15) is 5.75 Å². The summed E-state index contributed by atoms with van der Waals surface area (Å²) >= 11 is 0. The number of hydrogen-bond donors (Lipinski definition) is 2. The molecule has 0 saturated carbocycles. The number of carbonyl (C=O) groups excluding carboxylic acids is 2. The van der Waals surface area contributed by atoms with Crippen LogP contribution >= 0.6 is 0 Å². The molecule has 0 spiro atoms. The fourth-order valence-electron chi connectivity index (χ4n) is 2.95. The van der Waals surface area contributed by atoms with Gasteiger partial charge in [-0.15, -0.1) is 0 Å². The molecule has 7 heteroatoms. The summed E-state index contributed by atoms with van der Waals surface area (Å²) in [5.74, 6) is 0.286. The van der Waals surface area contributed by atoms with Crippen LogP contribution in [-0.2, 0) is 9.59 Å². The largest absolute Gasteiger partial charge is 0.497 e. The van der Waals surface area contributed by atoms with Crippen LogP contribution in [0.1, 0.15) is 24.9 Å². The highest BCUT2D eigenvalue weighted by atomic mass is 16.5. The average Bonchev–Trinajstić information content (AvgIpc) is 2.78. The van der Waals surface area contributed by atoms with E-state index in [1.54, 1.807) is 43.5 Å². The first-order valence-electron chi connectivity index (χ1n) is 9.81. The Kier molecular flexibility index (Phi) is 7.48. The van der Waals surface area contributed by atoms with E-state index in [2.05, 4.69) is 20.9 Å². The van der Waals surface area contributed by atoms with Gasteiger partial charge in [-0.25, -0.2) is 0 Å². The number of rotatable bonds is 8. The van der Waals surface area contributed by atoms with Crippen molar-refractivity contribution in [1.82, 2.24) is 5.32 Å². The van der Waals surface area contributed by atoms with Gasteiger partial charge in [0.2, 0.25) is 11.8 Å². The number of carbonyl (C=O) groups is 2. The fourth-order valence-corrected chi connectivity index (χ4v) is 2.95. The molecular weight excluding hydrogens is 392 g/mol. The van der Waals surface area contributed by atoms with Gasteiger partial charge in [-0.2, -0.15) is 10.2 Å². The maximum Gasteiger partial charge on any atom is 0.226 e. The van der Waals surface area contributed by atoms with Crippen molar-refractivity contribution >= 4 is 28.9 Å². The van der Waals surface area contributed by atoms with Gasteiger partial charge in [0.25, 0.3) is 0 Å². The Morgan fingerprint density at radius 2 is 1.48 bits per heavy atom. The molecule has 0 saturated heterocycles. The second kappa shape index (κ2) is 10.7. The Morgan fingerprint density at radius 3 is 2.06 bits per heavy atom. The third-order valence-electron chi connectivity index (χ3n) is 4.47. The Hall–Kier alpha value is -4.00. The summed E-state index contributed by atoms with van der Waals surface area (Å²) < 4.78 is 5.16. The summed E-state index contributed by atoms with van der Waals surface area (Å²) in [5.41, 5.74) is 2.90. The summed E-state index contributed by atoms with van der Waals surface area (Å²) in [6, 6.07) is 23.3. The molecule has 1 atom stereocenters. The number of amides is 2. The Labute approximate surface area is 181 Å². The first-order valence-corrected chi connectivity index (χ1v) is 9.81. The number of nitrogens with zero attached hydrogens (tertiary/aromatic N) is 2. The van der Waals surface area contributed by atoms with Gasteiger partial charge in [0.05, 0.1) is 30.9 Å². The van der Waals surface area contributed by atoms with Gasteiger partial charge in [-0.05, 0) is 54.1 Å². The van der Waals surface area contributed by atoms with Crippen LogP contribution in [0.5, 0.6) is 5.75 Å². The fraction of sp³-hybridized carbons (Fsp3) is 0.167. The number of nitrogens with one attached hydrogen (secondary N) is 2. The van der Waals surface area contributed by atoms with Crippen molar-refractivity contribution in [3.8, 4) is 5.75 Å². The zero-order chi connectivity index (χ0) is 22.1. The van der Waals surface area contributed by atoms with E-state index in [1.165, 1.54) is 6.92 Å². The second-order valence-electron chi connectivity index (χ2n) is 6.86. The topological polar surface area (TPSA) is 92.2 Å². The standard InChI is InChI=1S/C24H24N4O3/c1-17(29)25-23(18-8-14-22(31-2)15-9-18)16-24(30)26-19-10-12-21(13-11-19)28-27-20-6-4-3-5-7-20/h3-15,23H,16H2,1-2H3,(H,25,29)(H,26,30). The number of methoxy groups -OCH3 is 1. The number of anilines is 1. The lowest BCUT2D eigenvalue weighted by Crippen LogP contribution is -2.29.